The summed E-state index contributed by atoms with van der Waals surface area (Å²) in [6, 6.07) is 9.68. The van der Waals surface area contributed by atoms with Crippen LogP contribution in [0.4, 0.5) is 5.69 Å². The van der Waals surface area contributed by atoms with Gasteiger partial charge in [-0.25, -0.2) is 4.79 Å². The van der Waals surface area contributed by atoms with Crippen molar-refractivity contribution in [2.75, 3.05) is 12.5 Å². The number of hydrogen-bond donors (Lipinski definition) is 3. The Morgan fingerprint density at radius 1 is 1.36 bits per heavy atom. The molecule has 0 heterocycles. The van der Waals surface area contributed by atoms with Crippen LogP contribution in [0, 0.1) is 0 Å². The third-order valence-electron chi connectivity index (χ3n) is 2.84. The lowest BCUT2D eigenvalue weighted by atomic mass is 10.2. The Morgan fingerprint density at radius 2 is 2.09 bits per heavy atom. The van der Waals surface area contributed by atoms with Gasteiger partial charge in [0.05, 0.1) is 24.6 Å². The Hall–Kier alpha value is -2.54. The van der Waals surface area contributed by atoms with Gasteiger partial charge in [0.1, 0.15) is 0 Å². The number of ether oxygens (including phenoxy) is 1. The molecule has 0 aliphatic rings. The minimum atomic E-state index is -1.05. The van der Waals surface area contributed by atoms with Gasteiger partial charge < -0.3 is 14.9 Å². The lowest BCUT2D eigenvalue weighted by molar-refractivity contribution is 0.0698. The summed E-state index contributed by atoms with van der Waals surface area (Å²) in [7, 11) is 1.45. The molecule has 2 rings (SSSR count). The lowest BCUT2D eigenvalue weighted by Crippen LogP contribution is -2.02. The minimum Gasteiger partial charge on any atom is -0.504 e. The van der Waals surface area contributed by atoms with E-state index in [-0.39, 0.29) is 11.3 Å². The maximum atomic E-state index is 11.1. The van der Waals surface area contributed by atoms with E-state index in [0.717, 1.165) is 4.47 Å². The Morgan fingerprint density at radius 3 is 2.77 bits per heavy atom. The highest BCUT2D eigenvalue weighted by Crippen LogP contribution is 2.32. The second-order valence-corrected chi connectivity index (χ2v) is 5.18. The Kier molecular flexibility index (Phi) is 5.00. The molecule has 0 amide bonds. The zero-order valence-corrected chi connectivity index (χ0v) is 13.2. The summed E-state index contributed by atoms with van der Waals surface area (Å²) >= 11 is 3.30. The fourth-order valence-corrected chi connectivity index (χ4v) is 2.24. The molecular formula is C15H13BrN2O4. The van der Waals surface area contributed by atoms with Crippen LogP contribution in [0.15, 0.2) is 46.0 Å². The van der Waals surface area contributed by atoms with Gasteiger partial charge in [-0.05, 0) is 24.3 Å². The number of hydrogen-bond acceptors (Lipinski definition) is 5. The van der Waals surface area contributed by atoms with E-state index in [1.54, 1.807) is 30.3 Å². The van der Waals surface area contributed by atoms with Crippen LogP contribution >= 0.6 is 15.9 Å². The number of phenolic OH excluding ortho intramolecular Hbond substituents is 1. The number of phenols is 1. The smallest absolute Gasteiger partial charge is 0.337 e. The maximum Gasteiger partial charge on any atom is 0.337 e. The second-order valence-electron chi connectivity index (χ2n) is 4.27. The highest BCUT2D eigenvalue weighted by molar-refractivity contribution is 9.10. The quantitative estimate of drug-likeness (QED) is 0.559. The number of halogens is 1. The summed E-state index contributed by atoms with van der Waals surface area (Å²) in [5.74, 6) is -0.796. The number of methoxy groups -OCH3 is 1. The molecule has 2 aromatic carbocycles. The van der Waals surface area contributed by atoms with Crippen molar-refractivity contribution in [3.8, 4) is 11.5 Å². The summed E-state index contributed by atoms with van der Waals surface area (Å²) < 4.78 is 5.76. The number of carbonyl (C=O) groups is 1. The van der Waals surface area contributed by atoms with E-state index in [9.17, 15) is 9.90 Å². The number of nitrogens with one attached hydrogen (secondary N) is 1. The second kappa shape index (κ2) is 6.95. The van der Waals surface area contributed by atoms with Crippen molar-refractivity contribution in [2.24, 2.45) is 5.10 Å². The largest absolute Gasteiger partial charge is 0.504 e. The van der Waals surface area contributed by atoms with Crippen LogP contribution in [-0.2, 0) is 0 Å². The molecule has 0 aliphatic carbocycles. The molecule has 2 aromatic rings. The number of para-hydroxylation sites is 1. The lowest BCUT2D eigenvalue weighted by Gasteiger charge is -2.07. The fourth-order valence-electron chi connectivity index (χ4n) is 1.79. The normalized spacial score (nSPS) is 10.6. The molecule has 0 saturated carbocycles. The molecule has 0 fully saturated rings. The third-order valence-corrected chi connectivity index (χ3v) is 3.29. The average molecular weight is 365 g/mol. The monoisotopic (exact) mass is 364 g/mol. The molecule has 7 heteroatoms. The molecule has 22 heavy (non-hydrogen) atoms. The van der Waals surface area contributed by atoms with Gasteiger partial charge in [0.25, 0.3) is 0 Å². The number of aromatic carboxylic acids is 1. The third kappa shape index (κ3) is 3.56. The van der Waals surface area contributed by atoms with Crippen molar-refractivity contribution in [3.63, 3.8) is 0 Å². The number of rotatable bonds is 5. The average Bonchev–Trinajstić information content (AvgIpc) is 2.50. The standard InChI is InChI=1S/C15H13BrN2O4/c1-22-13-7-10(16)6-9(14(13)19)8-17-18-12-5-3-2-4-11(12)15(20)21/h2-8,18-19H,1H3,(H,20,21)/b17-8+. The van der Waals surface area contributed by atoms with Gasteiger partial charge in [-0.2, -0.15) is 5.10 Å². The summed E-state index contributed by atoms with van der Waals surface area (Å²) in [4.78, 5) is 11.1. The van der Waals surface area contributed by atoms with E-state index in [2.05, 4.69) is 26.5 Å². The number of nitrogens with zero attached hydrogens (tertiary/aromatic N) is 1. The Labute approximate surface area is 135 Å². The molecule has 6 nitrogen and oxygen atoms in total. The molecule has 0 aliphatic heterocycles. The van der Waals surface area contributed by atoms with Gasteiger partial charge in [0.15, 0.2) is 11.5 Å². The van der Waals surface area contributed by atoms with E-state index >= 15 is 0 Å². The van der Waals surface area contributed by atoms with Crippen LogP contribution < -0.4 is 10.2 Å². The van der Waals surface area contributed by atoms with Gasteiger partial charge in [-0.3, -0.25) is 5.43 Å². The predicted octanol–water partition coefficient (Wildman–Crippen LogP) is 3.31. The van der Waals surface area contributed by atoms with Gasteiger partial charge in [0.2, 0.25) is 0 Å². The van der Waals surface area contributed by atoms with Gasteiger partial charge >= 0.3 is 5.97 Å². The molecule has 0 aromatic heterocycles. The van der Waals surface area contributed by atoms with Crippen LogP contribution in [0.2, 0.25) is 0 Å². The summed E-state index contributed by atoms with van der Waals surface area (Å²) in [6.45, 7) is 0. The van der Waals surface area contributed by atoms with Crippen molar-refractivity contribution in [2.45, 2.75) is 0 Å². The van der Waals surface area contributed by atoms with E-state index in [0.29, 0.717) is 17.0 Å². The van der Waals surface area contributed by atoms with E-state index in [1.807, 2.05) is 0 Å². The molecule has 0 spiro atoms. The first-order valence-corrected chi connectivity index (χ1v) is 7.00. The van der Waals surface area contributed by atoms with Crippen molar-refractivity contribution in [1.29, 1.82) is 0 Å². The van der Waals surface area contributed by atoms with Gasteiger partial charge in [-0.1, -0.05) is 28.1 Å². The first kappa shape index (κ1) is 15.8. The summed E-state index contributed by atoms with van der Waals surface area (Å²) in [5, 5.41) is 23.0. The zero-order chi connectivity index (χ0) is 16.1. The van der Waals surface area contributed by atoms with Gasteiger partial charge in [0, 0.05) is 10.0 Å². The molecular weight excluding hydrogens is 352 g/mol. The number of hydrazone groups is 1. The highest BCUT2D eigenvalue weighted by atomic mass is 79.9. The maximum absolute atomic E-state index is 11.1. The topological polar surface area (TPSA) is 91.2 Å². The minimum absolute atomic E-state index is 0.0530. The van der Waals surface area contributed by atoms with Crippen LogP contribution in [0.25, 0.3) is 0 Å². The van der Waals surface area contributed by atoms with E-state index < -0.39 is 5.97 Å². The van der Waals surface area contributed by atoms with Crippen LogP contribution in [-0.4, -0.2) is 29.5 Å². The predicted molar refractivity (Wildman–Crippen MR) is 87.0 cm³/mol. The molecule has 0 atom stereocenters. The molecule has 0 bridgehead atoms. The molecule has 3 N–H and O–H groups in total. The van der Waals surface area contributed by atoms with Crippen LogP contribution in [0.1, 0.15) is 15.9 Å². The highest BCUT2D eigenvalue weighted by Gasteiger charge is 2.09. The first-order chi connectivity index (χ1) is 10.5. The number of carboxylic acids is 1. The Balaban J connectivity index is 2.24. The van der Waals surface area contributed by atoms with E-state index in [4.69, 9.17) is 9.84 Å². The van der Waals surface area contributed by atoms with Crippen LogP contribution in [0.5, 0.6) is 11.5 Å². The summed E-state index contributed by atoms with van der Waals surface area (Å²) in [5.41, 5.74) is 3.53. The van der Waals surface area contributed by atoms with Crippen molar-refractivity contribution in [3.05, 3.63) is 52.0 Å². The molecule has 0 saturated heterocycles. The van der Waals surface area contributed by atoms with Crippen molar-refractivity contribution < 1.29 is 19.7 Å². The summed E-state index contributed by atoms with van der Waals surface area (Å²) in [6.07, 6.45) is 1.38. The van der Waals surface area contributed by atoms with E-state index in [1.165, 1.54) is 19.4 Å². The number of carboxylic acid groups (broad SMARTS) is 1. The fraction of sp³-hybridized carbons (Fsp3) is 0.0667. The van der Waals surface area contributed by atoms with Crippen molar-refractivity contribution >= 4 is 33.8 Å². The van der Waals surface area contributed by atoms with Crippen LogP contribution in [0.3, 0.4) is 0 Å². The number of anilines is 1. The number of aromatic hydroxyl groups is 1. The Bertz CT molecular complexity index is 731. The molecule has 114 valence electrons. The van der Waals surface area contributed by atoms with Gasteiger partial charge in [-0.15, -0.1) is 0 Å². The first-order valence-electron chi connectivity index (χ1n) is 6.21. The molecule has 0 radical (unpaired) electrons. The zero-order valence-electron chi connectivity index (χ0n) is 11.6. The number of benzene rings is 2. The molecule has 0 unspecified atom stereocenters. The SMILES string of the molecule is COc1cc(Br)cc(/C=N/Nc2ccccc2C(=O)O)c1O. The van der Waals surface area contributed by atoms with Crippen molar-refractivity contribution in [1.82, 2.24) is 0 Å².